The molecule has 0 spiro atoms. The lowest BCUT2D eigenvalue weighted by molar-refractivity contribution is -0.122. The SMILES string of the molecule is CN(CCc1ccncc1)c1ccc(NC(=O)C2CCC2)cn1. The van der Waals surface area contributed by atoms with Crippen molar-refractivity contribution in [3.63, 3.8) is 0 Å². The van der Waals surface area contributed by atoms with E-state index in [1.54, 1.807) is 6.20 Å². The number of rotatable bonds is 6. The van der Waals surface area contributed by atoms with Gasteiger partial charge >= 0.3 is 0 Å². The van der Waals surface area contributed by atoms with Crippen LogP contribution in [0.15, 0.2) is 42.9 Å². The first-order valence-corrected chi connectivity index (χ1v) is 8.09. The van der Waals surface area contributed by atoms with Gasteiger partial charge in [-0.2, -0.15) is 0 Å². The van der Waals surface area contributed by atoms with E-state index in [0.717, 1.165) is 43.7 Å². The summed E-state index contributed by atoms with van der Waals surface area (Å²) in [4.78, 5) is 22.5. The van der Waals surface area contributed by atoms with E-state index in [1.807, 2.05) is 43.7 Å². The zero-order chi connectivity index (χ0) is 16.1. The number of nitrogens with one attached hydrogen (secondary N) is 1. The molecule has 0 unspecified atom stereocenters. The van der Waals surface area contributed by atoms with E-state index in [4.69, 9.17) is 0 Å². The summed E-state index contributed by atoms with van der Waals surface area (Å²) in [5.74, 6) is 1.22. The molecule has 2 heterocycles. The fourth-order valence-corrected chi connectivity index (χ4v) is 2.56. The summed E-state index contributed by atoms with van der Waals surface area (Å²) in [5, 5.41) is 2.94. The molecule has 1 fully saturated rings. The van der Waals surface area contributed by atoms with Gasteiger partial charge in [0.2, 0.25) is 5.91 Å². The number of pyridine rings is 2. The van der Waals surface area contributed by atoms with E-state index in [0.29, 0.717) is 0 Å². The summed E-state index contributed by atoms with van der Waals surface area (Å²) >= 11 is 0. The third kappa shape index (κ3) is 4.06. The lowest BCUT2D eigenvalue weighted by Gasteiger charge is -2.24. The van der Waals surface area contributed by atoms with Gasteiger partial charge in [0.25, 0.3) is 0 Å². The lowest BCUT2D eigenvalue weighted by Crippen LogP contribution is -2.28. The molecule has 5 nitrogen and oxygen atoms in total. The smallest absolute Gasteiger partial charge is 0.227 e. The van der Waals surface area contributed by atoms with Gasteiger partial charge in [0.1, 0.15) is 5.82 Å². The van der Waals surface area contributed by atoms with Crippen LogP contribution in [0, 0.1) is 5.92 Å². The molecule has 23 heavy (non-hydrogen) atoms. The van der Waals surface area contributed by atoms with Gasteiger partial charge in [-0.1, -0.05) is 6.42 Å². The lowest BCUT2D eigenvalue weighted by atomic mass is 9.85. The first-order chi connectivity index (χ1) is 11.2. The van der Waals surface area contributed by atoms with Crippen molar-refractivity contribution in [3.8, 4) is 0 Å². The second-order valence-corrected chi connectivity index (χ2v) is 6.05. The van der Waals surface area contributed by atoms with E-state index in [-0.39, 0.29) is 11.8 Å². The van der Waals surface area contributed by atoms with Crippen LogP contribution >= 0.6 is 0 Å². The fraction of sp³-hybridized carbons (Fsp3) is 0.389. The Labute approximate surface area is 136 Å². The molecule has 0 saturated heterocycles. The third-order valence-corrected chi connectivity index (χ3v) is 4.37. The number of carbonyl (C=O) groups is 1. The quantitative estimate of drug-likeness (QED) is 0.891. The molecule has 1 amide bonds. The molecule has 1 saturated carbocycles. The molecule has 0 aromatic carbocycles. The number of anilines is 2. The molecule has 0 bridgehead atoms. The predicted molar refractivity (Wildman–Crippen MR) is 91.4 cm³/mol. The van der Waals surface area contributed by atoms with E-state index in [9.17, 15) is 4.79 Å². The van der Waals surface area contributed by atoms with Gasteiger partial charge < -0.3 is 10.2 Å². The molecule has 0 aliphatic heterocycles. The van der Waals surface area contributed by atoms with Gasteiger partial charge in [0, 0.05) is 31.9 Å². The van der Waals surface area contributed by atoms with Crippen molar-refractivity contribution in [2.75, 3.05) is 23.8 Å². The number of hydrogen-bond acceptors (Lipinski definition) is 4. The van der Waals surface area contributed by atoms with E-state index >= 15 is 0 Å². The Morgan fingerprint density at radius 1 is 1.26 bits per heavy atom. The zero-order valence-corrected chi connectivity index (χ0v) is 13.4. The van der Waals surface area contributed by atoms with Gasteiger partial charge in [-0.25, -0.2) is 4.98 Å². The second-order valence-electron chi connectivity index (χ2n) is 6.05. The first-order valence-electron chi connectivity index (χ1n) is 8.09. The van der Waals surface area contributed by atoms with Crippen LogP contribution in [0.25, 0.3) is 0 Å². The summed E-state index contributed by atoms with van der Waals surface area (Å²) in [6, 6.07) is 7.92. The van der Waals surface area contributed by atoms with Crippen LogP contribution in [0.1, 0.15) is 24.8 Å². The van der Waals surface area contributed by atoms with Gasteiger partial charge in [-0.15, -0.1) is 0 Å². The highest BCUT2D eigenvalue weighted by atomic mass is 16.1. The molecular formula is C18H22N4O. The minimum absolute atomic E-state index is 0.122. The Kier molecular flexibility index (Phi) is 4.86. The van der Waals surface area contributed by atoms with Crippen molar-refractivity contribution < 1.29 is 4.79 Å². The molecule has 3 rings (SSSR count). The Balaban J connectivity index is 1.52. The summed E-state index contributed by atoms with van der Waals surface area (Å²) in [7, 11) is 2.02. The number of likely N-dealkylation sites (N-methyl/N-ethyl adjacent to an activating group) is 1. The molecule has 2 aromatic rings. The maximum atomic E-state index is 11.9. The highest BCUT2D eigenvalue weighted by molar-refractivity contribution is 5.92. The summed E-state index contributed by atoms with van der Waals surface area (Å²) in [5.41, 5.74) is 2.03. The highest BCUT2D eigenvalue weighted by Gasteiger charge is 2.25. The normalized spacial score (nSPS) is 14.1. The van der Waals surface area contributed by atoms with Crippen LogP contribution in [0.3, 0.4) is 0 Å². The van der Waals surface area contributed by atoms with Crippen LogP contribution < -0.4 is 10.2 Å². The number of hydrogen-bond donors (Lipinski definition) is 1. The molecule has 2 aromatic heterocycles. The van der Waals surface area contributed by atoms with Crippen molar-refractivity contribution in [3.05, 3.63) is 48.4 Å². The van der Waals surface area contributed by atoms with Crippen LogP contribution in [0.2, 0.25) is 0 Å². The Morgan fingerprint density at radius 2 is 2.04 bits per heavy atom. The molecule has 1 aliphatic rings. The zero-order valence-electron chi connectivity index (χ0n) is 13.4. The summed E-state index contributed by atoms with van der Waals surface area (Å²) in [6.07, 6.45) is 9.48. The Bertz CT molecular complexity index is 638. The van der Waals surface area contributed by atoms with E-state index in [2.05, 4.69) is 20.2 Å². The largest absolute Gasteiger partial charge is 0.359 e. The highest BCUT2D eigenvalue weighted by Crippen LogP contribution is 2.27. The van der Waals surface area contributed by atoms with E-state index < -0.39 is 0 Å². The fourth-order valence-electron chi connectivity index (χ4n) is 2.56. The van der Waals surface area contributed by atoms with Gasteiger partial charge in [0.05, 0.1) is 11.9 Å². The van der Waals surface area contributed by atoms with Crippen molar-refractivity contribution in [2.45, 2.75) is 25.7 Å². The minimum Gasteiger partial charge on any atom is -0.359 e. The maximum absolute atomic E-state index is 11.9. The van der Waals surface area contributed by atoms with Crippen LogP contribution in [-0.2, 0) is 11.2 Å². The molecule has 0 atom stereocenters. The molecule has 1 N–H and O–H groups in total. The van der Waals surface area contributed by atoms with Crippen molar-refractivity contribution in [2.24, 2.45) is 5.92 Å². The number of nitrogens with zero attached hydrogens (tertiary/aromatic N) is 3. The summed E-state index contributed by atoms with van der Waals surface area (Å²) in [6.45, 7) is 0.880. The first kappa shape index (κ1) is 15.5. The van der Waals surface area contributed by atoms with Crippen molar-refractivity contribution in [1.29, 1.82) is 0 Å². The van der Waals surface area contributed by atoms with E-state index in [1.165, 1.54) is 5.56 Å². The third-order valence-electron chi connectivity index (χ3n) is 4.37. The Hall–Kier alpha value is -2.43. The Morgan fingerprint density at radius 3 is 2.65 bits per heavy atom. The van der Waals surface area contributed by atoms with Crippen LogP contribution in [0.5, 0.6) is 0 Å². The molecule has 1 aliphatic carbocycles. The maximum Gasteiger partial charge on any atom is 0.227 e. The van der Waals surface area contributed by atoms with Gasteiger partial charge in [0.15, 0.2) is 0 Å². The van der Waals surface area contributed by atoms with Crippen LogP contribution in [-0.4, -0.2) is 29.5 Å². The average molecular weight is 310 g/mol. The minimum atomic E-state index is 0.122. The van der Waals surface area contributed by atoms with Crippen molar-refractivity contribution in [1.82, 2.24) is 9.97 Å². The molecule has 0 radical (unpaired) electrons. The predicted octanol–water partition coefficient (Wildman–Crippen LogP) is 2.89. The second kappa shape index (κ2) is 7.22. The standard InChI is InChI=1S/C18H22N4O/c1-22(12-9-14-7-10-19-11-8-14)17-6-5-16(13-20-17)21-18(23)15-3-2-4-15/h5-8,10-11,13,15H,2-4,9,12H2,1H3,(H,21,23). The summed E-state index contributed by atoms with van der Waals surface area (Å²) < 4.78 is 0. The molecular weight excluding hydrogens is 288 g/mol. The number of amides is 1. The number of aromatic nitrogens is 2. The average Bonchev–Trinajstić information content (AvgIpc) is 2.52. The monoisotopic (exact) mass is 310 g/mol. The van der Waals surface area contributed by atoms with Gasteiger partial charge in [-0.3, -0.25) is 9.78 Å². The molecule has 120 valence electrons. The van der Waals surface area contributed by atoms with Crippen molar-refractivity contribution >= 4 is 17.4 Å². The molecule has 5 heteroatoms. The van der Waals surface area contributed by atoms with Gasteiger partial charge in [-0.05, 0) is 49.1 Å². The number of carbonyl (C=O) groups excluding carboxylic acids is 1. The topological polar surface area (TPSA) is 58.1 Å². The van der Waals surface area contributed by atoms with Crippen LogP contribution in [0.4, 0.5) is 11.5 Å².